The number of rotatable bonds is 2. The van der Waals surface area contributed by atoms with Gasteiger partial charge in [0.1, 0.15) is 5.82 Å². The first-order chi connectivity index (χ1) is 7.99. The lowest BCUT2D eigenvalue weighted by atomic mass is 10.2. The SMILES string of the molecule is O=C(O)c1cc(N2CC(S)CC2=O)ncc1Br. The number of hydrogen-bond donors (Lipinski definition) is 2. The van der Waals surface area contributed by atoms with Crippen molar-refractivity contribution in [2.24, 2.45) is 0 Å². The molecule has 1 saturated heterocycles. The molecule has 2 rings (SSSR count). The van der Waals surface area contributed by atoms with Crippen LogP contribution >= 0.6 is 28.6 Å². The smallest absolute Gasteiger partial charge is 0.337 e. The van der Waals surface area contributed by atoms with Gasteiger partial charge >= 0.3 is 5.97 Å². The lowest BCUT2D eigenvalue weighted by Crippen LogP contribution is -2.26. The summed E-state index contributed by atoms with van der Waals surface area (Å²) in [6, 6.07) is 1.39. The number of amides is 1. The predicted octanol–water partition coefficient (Wildman–Crippen LogP) is 1.58. The van der Waals surface area contributed by atoms with Gasteiger partial charge in [0, 0.05) is 24.4 Å². The highest BCUT2D eigenvalue weighted by Crippen LogP contribution is 2.25. The number of carbonyl (C=O) groups is 2. The van der Waals surface area contributed by atoms with Crippen LogP contribution in [-0.2, 0) is 4.79 Å². The molecule has 5 nitrogen and oxygen atoms in total. The summed E-state index contributed by atoms with van der Waals surface area (Å²) in [7, 11) is 0. The highest BCUT2D eigenvalue weighted by molar-refractivity contribution is 9.10. The van der Waals surface area contributed by atoms with E-state index in [0.29, 0.717) is 23.3 Å². The summed E-state index contributed by atoms with van der Waals surface area (Å²) in [6.45, 7) is 0.454. The van der Waals surface area contributed by atoms with Crippen molar-refractivity contribution >= 4 is 46.3 Å². The van der Waals surface area contributed by atoms with Crippen molar-refractivity contribution in [1.82, 2.24) is 4.98 Å². The highest BCUT2D eigenvalue weighted by Gasteiger charge is 2.29. The van der Waals surface area contributed by atoms with Gasteiger partial charge in [-0.2, -0.15) is 12.6 Å². The molecule has 0 aromatic carbocycles. The van der Waals surface area contributed by atoms with Gasteiger partial charge < -0.3 is 5.11 Å². The number of anilines is 1. The summed E-state index contributed by atoms with van der Waals surface area (Å²) in [4.78, 5) is 28.1. The van der Waals surface area contributed by atoms with E-state index < -0.39 is 5.97 Å². The summed E-state index contributed by atoms with van der Waals surface area (Å²) < 4.78 is 0.391. The van der Waals surface area contributed by atoms with Crippen molar-refractivity contribution in [3.05, 3.63) is 22.3 Å². The molecule has 1 amide bonds. The number of nitrogens with zero attached hydrogens (tertiary/aromatic N) is 2. The Morgan fingerprint density at radius 1 is 1.65 bits per heavy atom. The van der Waals surface area contributed by atoms with E-state index >= 15 is 0 Å². The van der Waals surface area contributed by atoms with Gasteiger partial charge in [-0.1, -0.05) is 0 Å². The van der Waals surface area contributed by atoms with Gasteiger partial charge in [-0.05, 0) is 22.0 Å². The first-order valence-electron chi connectivity index (χ1n) is 4.86. The minimum Gasteiger partial charge on any atom is -0.478 e. The van der Waals surface area contributed by atoms with E-state index in [4.69, 9.17) is 5.11 Å². The third kappa shape index (κ3) is 2.44. The minimum absolute atomic E-state index is 0.0266. The molecule has 0 saturated carbocycles. The monoisotopic (exact) mass is 316 g/mol. The third-order valence-electron chi connectivity index (χ3n) is 2.45. The van der Waals surface area contributed by atoms with Crippen LogP contribution < -0.4 is 4.90 Å². The first kappa shape index (κ1) is 12.4. The average Bonchev–Trinajstić information content (AvgIpc) is 2.58. The summed E-state index contributed by atoms with van der Waals surface area (Å²) in [5.74, 6) is -0.794. The molecule has 7 heteroatoms. The lowest BCUT2D eigenvalue weighted by Gasteiger charge is -2.15. The zero-order valence-corrected chi connectivity index (χ0v) is 11.1. The largest absolute Gasteiger partial charge is 0.478 e. The maximum Gasteiger partial charge on any atom is 0.337 e. The van der Waals surface area contributed by atoms with E-state index in [2.05, 4.69) is 33.5 Å². The maximum atomic E-state index is 11.6. The van der Waals surface area contributed by atoms with Gasteiger partial charge in [0.05, 0.1) is 10.0 Å². The summed E-state index contributed by atoms with van der Waals surface area (Å²) in [5, 5.41) is 8.95. The number of carboxylic acid groups (broad SMARTS) is 1. The van der Waals surface area contributed by atoms with E-state index in [1.54, 1.807) is 0 Å². The molecule has 1 aromatic rings. The molecular formula is C10H9BrN2O3S. The van der Waals surface area contributed by atoms with E-state index in [-0.39, 0.29) is 16.7 Å². The molecule has 1 aliphatic rings. The standard InChI is InChI=1S/C10H9BrN2O3S/c11-7-3-12-8(2-6(7)10(15)16)13-4-5(17)1-9(13)14/h2-3,5,17H,1,4H2,(H,15,16). The van der Waals surface area contributed by atoms with Crippen molar-refractivity contribution in [1.29, 1.82) is 0 Å². The Morgan fingerprint density at radius 2 is 2.35 bits per heavy atom. The topological polar surface area (TPSA) is 70.5 Å². The second kappa shape index (κ2) is 4.66. The molecule has 90 valence electrons. The molecule has 0 spiro atoms. The van der Waals surface area contributed by atoms with Crippen LogP contribution in [0.25, 0.3) is 0 Å². The second-order valence-corrected chi connectivity index (χ2v) is 5.27. The lowest BCUT2D eigenvalue weighted by molar-refractivity contribution is -0.117. The van der Waals surface area contributed by atoms with E-state index in [1.165, 1.54) is 17.2 Å². The zero-order valence-electron chi connectivity index (χ0n) is 8.63. The summed E-state index contributed by atoms with van der Waals surface area (Å²) in [5.41, 5.74) is 0.0883. The van der Waals surface area contributed by atoms with Gasteiger partial charge in [-0.25, -0.2) is 9.78 Å². The Morgan fingerprint density at radius 3 is 2.88 bits per heavy atom. The summed E-state index contributed by atoms with van der Waals surface area (Å²) in [6.07, 6.45) is 1.74. The third-order valence-corrected chi connectivity index (χ3v) is 3.43. The molecule has 1 N–H and O–H groups in total. The van der Waals surface area contributed by atoms with Gasteiger partial charge in [-0.15, -0.1) is 0 Å². The number of pyridine rings is 1. The maximum absolute atomic E-state index is 11.6. The molecule has 1 aromatic heterocycles. The fourth-order valence-electron chi connectivity index (χ4n) is 1.65. The van der Waals surface area contributed by atoms with Crippen LogP contribution in [0.5, 0.6) is 0 Å². The Kier molecular flexibility index (Phi) is 3.39. The van der Waals surface area contributed by atoms with Crippen molar-refractivity contribution in [2.45, 2.75) is 11.7 Å². The Labute approximate surface area is 111 Å². The van der Waals surface area contributed by atoms with Crippen LogP contribution in [0.2, 0.25) is 0 Å². The first-order valence-corrected chi connectivity index (χ1v) is 6.17. The fourth-order valence-corrected chi connectivity index (χ4v) is 2.36. The quantitative estimate of drug-likeness (QED) is 0.813. The molecule has 1 unspecified atom stereocenters. The number of hydrogen-bond acceptors (Lipinski definition) is 4. The fraction of sp³-hybridized carbons (Fsp3) is 0.300. The zero-order chi connectivity index (χ0) is 12.6. The normalized spacial score (nSPS) is 19.8. The number of aromatic nitrogens is 1. The molecule has 2 heterocycles. The van der Waals surface area contributed by atoms with Crippen molar-refractivity contribution in [3.63, 3.8) is 0 Å². The van der Waals surface area contributed by atoms with E-state index in [1.807, 2.05) is 0 Å². The molecule has 1 aliphatic heterocycles. The predicted molar refractivity (Wildman–Crippen MR) is 68.6 cm³/mol. The van der Waals surface area contributed by atoms with Crippen LogP contribution in [0.1, 0.15) is 16.8 Å². The number of aromatic carboxylic acids is 1. The van der Waals surface area contributed by atoms with Crippen molar-refractivity contribution < 1.29 is 14.7 Å². The molecule has 1 fully saturated rings. The Hall–Kier alpha value is -1.08. The number of carboxylic acids is 1. The average molecular weight is 317 g/mol. The van der Waals surface area contributed by atoms with Crippen LogP contribution in [-0.4, -0.2) is 33.8 Å². The number of carbonyl (C=O) groups excluding carboxylic acids is 1. The Bertz CT molecular complexity index is 494. The van der Waals surface area contributed by atoms with Crippen LogP contribution in [0.4, 0.5) is 5.82 Å². The molecule has 17 heavy (non-hydrogen) atoms. The molecule has 0 radical (unpaired) electrons. The molecular weight excluding hydrogens is 308 g/mol. The number of halogens is 1. The molecule has 0 bridgehead atoms. The van der Waals surface area contributed by atoms with Gasteiger partial charge in [-0.3, -0.25) is 9.69 Å². The number of thiol groups is 1. The molecule has 0 aliphatic carbocycles. The summed E-state index contributed by atoms with van der Waals surface area (Å²) >= 11 is 7.34. The van der Waals surface area contributed by atoms with Gasteiger partial charge in [0.15, 0.2) is 0 Å². The Balaban J connectivity index is 2.37. The molecule has 1 atom stereocenters. The van der Waals surface area contributed by atoms with E-state index in [9.17, 15) is 9.59 Å². The highest BCUT2D eigenvalue weighted by atomic mass is 79.9. The van der Waals surface area contributed by atoms with Crippen LogP contribution in [0.3, 0.4) is 0 Å². The van der Waals surface area contributed by atoms with Crippen LogP contribution in [0, 0.1) is 0 Å². The van der Waals surface area contributed by atoms with Crippen LogP contribution in [0.15, 0.2) is 16.7 Å². The van der Waals surface area contributed by atoms with Crippen molar-refractivity contribution in [3.8, 4) is 0 Å². The second-order valence-electron chi connectivity index (χ2n) is 3.69. The van der Waals surface area contributed by atoms with Gasteiger partial charge in [0.25, 0.3) is 0 Å². The van der Waals surface area contributed by atoms with Gasteiger partial charge in [0.2, 0.25) is 5.91 Å². The minimum atomic E-state index is -1.06. The van der Waals surface area contributed by atoms with E-state index in [0.717, 1.165) is 0 Å². The van der Waals surface area contributed by atoms with Crippen molar-refractivity contribution in [2.75, 3.05) is 11.4 Å².